The molecule has 1 aromatic rings. The number of aryl methyl sites for hydroxylation is 1. The molecule has 0 amide bonds. The van der Waals surface area contributed by atoms with Gasteiger partial charge < -0.3 is 5.11 Å². The molecule has 1 atom stereocenters. The minimum absolute atomic E-state index is 0.333. The largest absolute Gasteiger partial charge is 0.389 e. The average Bonchev–Trinajstić information content (AvgIpc) is 2.15. The molecule has 0 aliphatic heterocycles. The highest BCUT2D eigenvalue weighted by molar-refractivity contribution is 5.09. The summed E-state index contributed by atoms with van der Waals surface area (Å²) in [4.78, 5) is 4.03. The van der Waals surface area contributed by atoms with Crippen molar-refractivity contribution in [2.45, 2.75) is 32.8 Å². The van der Waals surface area contributed by atoms with E-state index in [1.807, 2.05) is 38.3 Å². The molecule has 1 rings (SSSR count). The van der Waals surface area contributed by atoms with Gasteiger partial charge in [0.15, 0.2) is 0 Å². The molecule has 2 heteroatoms. The van der Waals surface area contributed by atoms with E-state index in [0.717, 1.165) is 18.4 Å². The molecule has 1 unspecified atom stereocenters. The van der Waals surface area contributed by atoms with Crippen LogP contribution in [0.3, 0.4) is 0 Å². The number of aromatic nitrogens is 1. The molecule has 2 nitrogen and oxygen atoms in total. The monoisotopic (exact) mass is 191 g/mol. The van der Waals surface area contributed by atoms with Gasteiger partial charge in [0.2, 0.25) is 0 Å². The van der Waals surface area contributed by atoms with E-state index < -0.39 is 0 Å². The first kappa shape index (κ1) is 10.9. The van der Waals surface area contributed by atoms with Crippen LogP contribution < -0.4 is 0 Å². The van der Waals surface area contributed by atoms with Gasteiger partial charge in [0, 0.05) is 12.4 Å². The minimum Gasteiger partial charge on any atom is -0.389 e. The number of allylic oxidation sites excluding steroid dienone is 1. The van der Waals surface area contributed by atoms with Gasteiger partial charge in [0.1, 0.15) is 0 Å². The molecule has 0 aliphatic carbocycles. The van der Waals surface area contributed by atoms with Crippen LogP contribution in [0.1, 0.15) is 25.8 Å². The quantitative estimate of drug-likeness (QED) is 0.741. The van der Waals surface area contributed by atoms with E-state index in [9.17, 15) is 5.11 Å². The third-order valence-corrected chi connectivity index (χ3v) is 1.98. The first-order chi connectivity index (χ1) is 6.68. The lowest BCUT2D eigenvalue weighted by Crippen LogP contribution is -2.04. The molecule has 1 aromatic heterocycles. The molecule has 0 fully saturated rings. The van der Waals surface area contributed by atoms with E-state index in [0.29, 0.717) is 0 Å². The maximum Gasteiger partial charge on any atom is 0.0726 e. The zero-order valence-electron chi connectivity index (χ0n) is 8.77. The van der Waals surface area contributed by atoms with E-state index >= 15 is 0 Å². The molecule has 0 aromatic carbocycles. The summed E-state index contributed by atoms with van der Waals surface area (Å²) in [7, 11) is 0. The van der Waals surface area contributed by atoms with Crippen molar-refractivity contribution in [1.29, 1.82) is 0 Å². The fraction of sp³-hybridized carbons (Fsp3) is 0.417. The summed E-state index contributed by atoms with van der Waals surface area (Å²) in [6, 6.07) is 3.95. The van der Waals surface area contributed by atoms with Gasteiger partial charge in [-0.15, -0.1) is 0 Å². The summed E-state index contributed by atoms with van der Waals surface area (Å²) in [5.74, 6) is 0. The maximum absolute atomic E-state index is 9.58. The van der Waals surface area contributed by atoms with Crippen molar-refractivity contribution in [3.8, 4) is 0 Å². The number of nitrogens with zero attached hydrogens (tertiary/aromatic N) is 1. The van der Waals surface area contributed by atoms with Crippen LogP contribution in [0.25, 0.3) is 0 Å². The van der Waals surface area contributed by atoms with E-state index in [1.54, 1.807) is 6.20 Å². The summed E-state index contributed by atoms with van der Waals surface area (Å²) in [6.45, 7) is 3.99. The predicted molar refractivity (Wildman–Crippen MR) is 58.0 cm³/mol. The zero-order chi connectivity index (χ0) is 10.4. The van der Waals surface area contributed by atoms with Crippen LogP contribution in [0.4, 0.5) is 0 Å². The number of hydrogen-bond donors (Lipinski definition) is 1. The smallest absolute Gasteiger partial charge is 0.0726 e. The molecular weight excluding hydrogens is 174 g/mol. The molecule has 0 saturated carbocycles. The van der Waals surface area contributed by atoms with Crippen LogP contribution >= 0.6 is 0 Å². The Morgan fingerprint density at radius 1 is 1.57 bits per heavy atom. The Morgan fingerprint density at radius 2 is 2.36 bits per heavy atom. The second kappa shape index (κ2) is 5.55. The van der Waals surface area contributed by atoms with Gasteiger partial charge in [-0.25, -0.2) is 0 Å². The first-order valence-corrected chi connectivity index (χ1v) is 4.90. The fourth-order valence-electron chi connectivity index (χ4n) is 1.33. The lowest BCUT2D eigenvalue weighted by Gasteiger charge is -2.05. The van der Waals surface area contributed by atoms with Gasteiger partial charge in [0.05, 0.1) is 6.10 Å². The highest BCUT2D eigenvalue weighted by atomic mass is 16.3. The van der Waals surface area contributed by atoms with Crippen molar-refractivity contribution < 1.29 is 5.11 Å². The van der Waals surface area contributed by atoms with Crippen molar-refractivity contribution in [3.63, 3.8) is 0 Å². The Labute approximate surface area is 85.3 Å². The predicted octanol–water partition coefficient (Wildman–Crippen LogP) is 2.34. The number of aliphatic hydroxyl groups is 1. The van der Waals surface area contributed by atoms with E-state index in [-0.39, 0.29) is 6.10 Å². The van der Waals surface area contributed by atoms with Crippen molar-refractivity contribution in [3.05, 3.63) is 41.7 Å². The summed E-state index contributed by atoms with van der Waals surface area (Å²) >= 11 is 0. The molecule has 1 heterocycles. The summed E-state index contributed by atoms with van der Waals surface area (Å²) in [5.41, 5.74) is 2.33. The molecule has 0 saturated heterocycles. The van der Waals surface area contributed by atoms with Gasteiger partial charge >= 0.3 is 0 Å². The van der Waals surface area contributed by atoms with Crippen molar-refractivity contribution >= 4 is 0 Å². The van der Waals surface area contributed by atoms with Gasteiger partial charge in [-0.1, -0.05) is 17.7 Å². The van der Waals surface area contributed by atoms with Gasteiger partial charge in [-0.3, -0.25) is 4.98 Å². The topological polar surface area (TPSA) is 33.1 Å². The van der Waals surface area contributed by atoms with Gasteiger partial charge in [-0.05, 0) is 38.3 Å². The van der Waals surface area contributed by atoms with Crippen LogP contribution in [0.15, 0.2) is 36.2 Å². The molecule has 0 bridgehead atoms. The highest BCUT2D eigenvalue weighted by Crippen LogP contribution is 2.05. The zero-order valence-corrected chi connectivity index (χ0v) is 8.77. The van der Waals surface area contributed by atoms with Gasteiger partial charge in [-0.2, -0.15) is 0 Å². The van der Waals surface area contributed by atoms with Crippen LogP contribution in [-0.4, -0.2) is 16.2 Å². The Bertz CT molecular complexity index is 288. The summed E-state index contributed by atoms with van der Waals surface area (Å²) in [6.07, 6.45) is 6.79. The third kappa shape index (κ3) is 4.19. The second-order valence-electron chi connectivity index (χ2n) is 3.71. The fourth-order valence-corrected chi connectivity index (χ4v) is 1.33. The van der Waals surface area contributed by atoms with E-state index in [4.69, 9.17) is 0 Å². The van der Waals surface area contributed by atoms with E-state index in [2.05, 4.69) is 4.98 Å². The number of aliphatic hydroxyl groups excluding tert-OH is 1. The summed E-state index contributed by atoms with van der Waals surface area (Å²) in [5, 5.41) is 9.58. The lowest BCUT2D eigenvalue weighted by molar-refractivity contribution is 0.212. The van der Waals surface area contributed by atoms with Crippen LogP contribution in [0.5, 0.6) is 0 Å². The number of rotatable bonds is 4. The van der Waals surface area contributed by atoms with Gasteiger partial charge in [0.25, 0.3) is 0 Å². The normalized spacial score (nSPS) is 12.2. The molecule has 1 N–H and O–H groups in total. The van der Waals surface area contributed by atoms with E-state index in [1.165, 1.54) is 5.56 Å². The Hall–Kier alpha value is -1.15. The Kier molecular flexibility index (Phi) is 4.33. The Balaban J connectivity index is 2.38. The number of hydrogen-bond acceptors (Lipinski definition) is 2. The molecule has 0 spiro atoms. The summed E-state index contributed by atoms with van der Waals surface area (Å²) < 4.78 is 0. The lowest BCUT2D eigenvalue weighted by atomic mass is 10.1. The van der Waals surface area contributed by atoms with Crippen LogP contribution in [0, 0.1) is 0 Å². The minimum atomic E-state index is -0.333. The SMILES string of the molecule is CC(C)=CC(O)CCc1cccnc1. The van der Waals surface area contributed by atoms with Crippen LogP contribution in [-0.2, 0) is 6.42 Å². The molecule has 14 heavy (non-hydrogen) atoms. The second-order valence-corrected chi connectivity index (χ2v) is 3.71. The van der Waals surface area contributed by atoms with Crippen molar-refractivity contribution in [1.82, 2.24) is 4.98 Å². The standard InChI is InChI=1S/C12H17NO/c1-10(2)8-12(14)6-5-11-4-3-7-13-9-11/h3-4,7-9,12,14H,5-6H2,1-2H3. The number of pyridine rings is 1. The molecule has 0 aliphatic rings. The first-order valence-electron chi connectivity index (χ1n) is 4.90. The van der Waals surface area contributed by atoms with Crippen LogP contribution in [0.2, 0.25) is 0 Å². The highest BCUT2D eigenvalue weighted by Gasteiger charge is 2.00. The third-order valence-electron chi connectivity index (χ3n) is 1.98. The van der Waals surface area contributed by atoms with Crippen molar-refractivity contribution in [2.24, 2.45) is 0 Å². The maximum atomic E-state index is 9.58. The average molecular weight is 191 g/mol. The van der Waals surface area contributed by atoms with Crippen molar-refractivity contribution in [2.75, 3.05) is 0 Å². The molecule has 0 radical (unpaired) electrons. The Morgan fingerprint density at radius 3 is 2.93 bits per heavy atom. The molecule has 76 valence electrons. The molecular formula is C12H17NO.